The monoisotopic (exact) mass is 503 g/mol. The molecule has 0 aliphatic rings. The predicted molar refractivity (Wildman–Crippen MR) is 119 cm³/mol. The van der Waals surface area contributed by atoms with Crippen molar-refractivity contribution in [1.29, 1.82) is 16.2 Å². The van der Waals surface area contributed by atoms with Crippen LogP contribution in [0, 0.1) is 33.9 Å². The SMILES string of the molecule is CCC(/C(=C/Nc1ccc(F)cc1F)N=N)c1[nH]c(C(=N)N)c(-c2cnc(C(F)(F)F)nc2)c1C#N. The molecule has 0 amide bonds. The zero-order valence-corrected chi connectivity index (χ0v) is 18.5. The van der Waals surface area contributed by atoms with Crippen molar-refractivity contribution in [1.82, 2.24) is 15.0 Å². The molecule has 3 rings (SSSR count). The Morgan fingerprint density at radius 3 is 2.47 bits per heavy atom. The highest BCUT2D eigenvalue weighted by Gasteiger charge is 2.35. The first-order valence-corrected chi connectivity index (χ1v) is 10.2. The van der Waals surface area contributed by atoms with Gasteiger partial charge in [0.15, 0.2) is 0 Å². The fourth-order valence-corrected chi connectivity index (χ4v) is 3.52. The summed E-state index contributed by atoms with van der Waals surface area (Å²) in [6.07, 6.45) is -1.59. The number of benzene rings is 1. The van der Waals surface area contributed by atoms with Gasteiger partial charge in [-0.2, -0.15) is 23.5 Å². The number of rotatable bonds is 8. The van der Waals surface area contributed by atoms with Gasteiger partial charge in [0.2, 0.25) is 5.82 Å². The Morgan fingerprint density at radius 2 is 1.97 bits per heavy atom. The number of allylic oxidation sites excluding steroid dienone is 1. The van der Waals surface area contributed by atoms with Crippen LogP contribution in [0.2, 0.25) is 0 Å². The van der Waals surface area contributed by atoms with Crippen LogP contribution in [0.25, 0.3) is 11.1 Å². The van der Waals surface area contributed by atoms with E-state index in [1.54, 1.807) is 6.92 Å². The van der Waals surface area contributed by atoms with Gasteiger partial charge in [0.05, 0.1) is 22.6 Å². The molecule has 0 aliphatic carbocycles. The Morgan fingerprint density at radius 1 is 1.31 bits per heavy atom. The summed E-state index contributed by atoms with van der Waals surface area (Å²) in [5.74, 6) is -4.34. The standard InChI is InChI=1S/C22H18F5N9/c1-2-12(16(36-31)9-32-15-4-3-11(23)5-14(15)24)18-13(6-28)17(19(35-18)20(29)30)10-7-33-21(34-8-10)22(25,26)27/h3-5,7-9,12,31-32,35H,2H2,1H3,(H3,29,30)/b16-9-,36-31?. The molecule has 0 saturated carbocycles. The third kappa shape index (κ3) is 5.19. The average Bonchev–Trinajstić information content (AvgIpc) is 3.21. The second-order valence-electron chi connectivity index (χ2n) is 7.39. The Kier molecular flexibility index (Phi) is 7.42. The van der Waals surface area contributed by atoms with Crippen molar-refractivity contribution in [2.24, 2.45) is 10.8 Å². The molecule has 0 bridgehead atoms. The van der Waals surface area contributed by atoms with E-state index >= 15 is 0 Å². The quantitative estimate of drug-likeness (QED) is 0.120. The van der Waals surface area contributed by atoms with E-state index in [0.717, 1.165) is 24.5 Å². The number of halogens is 5. The van der Waals surface area contributed by atoms with Crippen LogP contribution < -0.4 is 11.1 Å². The van der Waals surface area contributed by atoms with Crippen LogP contribution in [0.4, 0.5) is 27.6 Å². The first kappa shape index (κ1) is 25.9. The Balaban J connectivity index is 2.11. The molecule has 14 heteroatoms. The second kappa shape index (κ2) is 10.3. The third-order valence-corrected chi connectivity index (χ3v) is 5.15. The van der Waals surface area contributed by atoms with Crippen molar-refractivity contribution in [3.63, 3.8) is 0 Å². The lowest BCUT2D eigenvalue weighted by atomic mass is 9.93. The van der Waals surface area contributed by atoms with Gasteiger partial charge in [0.25, 0.3) is 0 Å². The first-order chi connectivity index (χ1) is 17.0. The summed E-state index contributed by atoms with van der Waals surface area (Å²) in [6, 6.07) is 4.80. The average molecular weight is 503 g/mol. The number of aromatic nitrogens is 3. The summed E-state index contributed by atoms with van der Waals surface area (Å²) in [7, 11) is 0. The largest absolute Gasteiger partial charge is 0.451 e. The van der Waals surface area contributed by atoms with Crippen molar-refractivity contribution >= 4 is 11.5 Å². The third-order valence-electron chi connectivity index (χ3n) is 5.15. The summed E-state index contributed by atoms with van der Waals surface area (Å²) < 4.78 is 65.8. The highest BCUT2D eigenvalue weighted by atomic mass is 19.4. The van der Waals surface area contributed by atoms with Crippen LogP contribution in [0.1, 0.15) is 42.0 Å². The van der Waals surface area contributed by atoms with Crippen LogP contribution >= 0.6 is 0 Å². The van der Waals surface area contributed by atoms with Gasteiger partial charge in [-0.15, -0.1) is 0 Å². The summed E-state index contributed by atoms with van der Waals surface area (Å²) in [4.78, 5) is 9.45. The number of nitrogens with zero attached hydrogens (tertiary/aromatic N) is 4. The summed E-state index contributed by atoms with van der Waals surface area (Å²) in [6.45, 7) is 1.71. The zero-order chi connectivity index (χ0) is 26.6. The number of H-pyrrole nitrogens is 1. The molecule has 36 heavy (non-hydrogen) atoms. The maximum absolute atomic E-state index is 14.0. The lowest BCUT2D eigenvalue weighted by molar-refractivity contribution is -0.144. The Hall–Kier alpha value is -4.67. The lowest BCUT2D eigenvalue weighted by Gasteiger charge is -2.15. The number of nitrogen functional groups attached to an aromatic ring is 1. The molecular weight excluding hydrogens is 485 g/mol. The smallest absolute Gasteiger partial charge is 0.382 e. The van der Waals surface area contributed by atoms with E-state index < -0.39 is 35.4 Å². The van der Waals surface area contributed by atoms with Crippen molar-refractivity contribution in [3.05, 3.63) is 76.9 Å². The van der Waals surface area contributed by atoms with Gasteiger partial charge in [-0.3, -0.25) is 5.41 Å². The summed E-state index contributed by atoms with van der Waals surface area (Å²) in [5.41, 5.74) is 13.2. The number of aromatic amines is 1. The number of nitriles is 1. The second-order valence-corrected chi connectivity index (χ2v) is 7.39. The Labute approximate surface area is 200 Å². The molecule has 0 saturated heterocycles. The molecule has 0 radical (unpaired) electrons. The van der Waals surface area contributed by atoms with E-state index in [-0.39, 0.29) is 45.9 Å². The van der Waals surface area contributed by atoms with E-state index in [0.29, 0.717) is 6.07 Å². The molecule has 2 heterocycles. The number of alkyl halides is 3. The number of anilines is 1. The van der Waals surface area contributed by atoms with E-state index in [2.05, 4.69) is 25.4 Å². The molecule has 1 unspecified atom stereocenters. The normalized spacial score (nSPS) is 12.6. The minimum atomic E-state index is -4.77. The van der Waals surface area contributed by atoms with Crippen molar-refractivity contribution in [2.45, 2.75) is 25.4 Å². The predicted octanol–water partition coefficient (Wildman–Crippen LogP) is 5.40. The molecular formula is C22H18F5N9. The van der Waals surface area contributed by atoms with Gasteiger partial charge < -0.3 is 16.0 Å². The topological polar surface area (TPSA) is 163 Å². The van der Waals surface area contributed by atoms with E-state index in [1.165, 1.54) is 6.20 Å². The molecule has 0 spiro atoms. The van der Waals surface area contributed by atoms with Crippen LogP contribution in [-0.4, -0.2) is 20.8 Å². The summed E-state index contributed by atoms with van der Waals surface area (Å²) in [5, 5.41) is 23.9. The van der Waals surface area contributed by atoms with Gasteiger partial charge in [-0.05, 0) is 18.6 Å². The van der Waals surface area contributed by atoms with Crippen molar-refractivity contribution in [3.8, 4) is 17.2 Å². The number of hydrogen-bond acceptors (Lipinski definition) is 7. The molecule has 2 aromatic heterocycles. The van der Waals surface area contributed by atoms with Gasteiger partial charge >= 0.3 is 6.18 Å². The van der Waals surface area contributed by atoms with Gasteiger partial charge in [-0.1, -0.05) is 6.92 Å². The lowest BCUT2D eigenvalue weighted by Crippen LogP contribution is -2.14. The van der Waals surface area contributed by atoms with E-state index in [9.17, 15) is 27.2 Å². The molecule has 9 nitrogen and oxygen atoms in total. The molecule has 0 aliphatic heterocycles. The Bertz CT molecular complexity index is 1370. The number of nitrogens with two attached hydrogens (primary N) is 1. The number of hydrogen-bond donors (Lipinski definition) is 5. The fraction of sp³-hybridized carbons (Fsp3) is 0.182. The fourth-order valence-electron chi connectivity index (χ4n) is 3.52. The molecule has 0 fully saturated rings. The zero-order valence-electron chi connectivity index (χ0n) is 18.5. The first-order valence-electron chi connectivity index (χ1n) is 10.2. The minimum Gasteiger partial charge on any atom is -0.382 e. The van der Waals surface area contributed by atoms with Crippen LogP contribution in [0.5, 0.6) is 0 Å². The summed E-state index contributed by atoms with van der Waals surface area (Å²) >= 11 is 0. The van der Waals surface area contributed by atoms with Crippen LogP contribution in [-0.2, 0) is 6.18 Å². The van der Waals surface area contributed by atoms with Gasteiger partial charge in [0, 0.05) is 47.4 Å². The minimum absolute atomic E-state index is 0.00181. The van der Waals surface area contributed by atoms with Crippen LogP contribution in [0.15, 0.2) is 47.6 Å². The molecule has 1 aromatic carbocycles. The molecule has 6 N–H and O–H groups in total. The van der Waals surface area contributed by atoms with Crippen LogP contribution in [0.3, 0.4) is 0 Å². The van der Waals surface area contributed by atoms with E-state index in [1.807, 2.05) is 6.07 Å². The number of amidine groups is 1. The number of nitrogens with one attached hydrogen (secondary N) is 4. The molecule has 186 valence electrons. The van der Waals surface area contributed by atoms with Gasteiger partial charge in [0.1, 0.15) is 23.5 Å². The maximum Gasteiger partial charge on any atom is 0.451 e. The molecule has 1 atom stereocenters. The van der Waals surface area contributed by atoms with E-state index in [4.69, 9.17) is 16.7 Å². The van der Waals surface area contributed by atoms with Gasteiger partial charge in [-0.25, -0.2) is 24.3 Å². The van der Waals surface area contributed by atoms with Crippen molar-refractivity contribution in [2.75, 3.05) is 5.32 Å². The molecule has 3 aromatic rings. The highest BCUT2D eigenvalue weighted by Crippen LogP contribution is 2.38. The van der Waals surface area contributed by atoms with Crippen molar-refractivity contribution < 1.29 is 22.0 Å². The maximum atomic E-state index is 14.0. The highest BCUT2D eigenvalue weighted by molar-refractivity contribution is 6.01.